The molecule has 3 aliphatic rings. The average Bonchev–Trinajstić information content (AvgIpc) is 3.21. The number of hydrogen-bond donors (Lipinski definition) is 1. The Hall–Kier alpha value is -2.49. The maximum Gasteiger partial charge on any atom is 0.304 e. The predicted octanol–water partition coefficient (Wildman–Crippen LogP) is 3.24. The van der Waals surface area contributed by atoms with Crippen molar-refractivity contribution in [1.29, 1.82) is 0 Å². The minimum absolute atomic E-state index is 0.00636. The van der Waals surface area contributed by atoms with Crippen molar-refractivity contribution in [3.63, 3.8) is 0 Å². The molecule has 2 atom stereocenters. The molecule has 1 amide bonds. The van der Waals surface area contributed by atoms with Crippen molar-refractivity contribution in [2.45, 2.75) is 62.8 Å². The van der Waals surface area contributed by atoms with Crippen molar-refractivity contribution >= 4 is 5.91 Å². The lowest BCUT2D eigenvalue weighted by atomic mass is 9.84. The highest BCUT2D eigenvalue weighted by molar-refractivity contribution is 5.77. The largest absolute Gasteiger partial charge is 0.480 e. The number of nitrogens with one attached hydrogen (secondary N) is 1. The number of rotatable bonds is 9. The number of hydrogen-bond acceptors (Lipinski definition) is 6. The maximum atomic E-state index is 13.5. The highest BCUT2D eigenvalue weighted by Gasteiger charge is 2.62. The lowest BCUT2D eigenvalue weighted by Crippen LogP contribution is -2.40. The number of likely N-dealkylation sites (tertiary alicyclic amines) is 1. The number of ether oxygens (including phenoxy) is 1. The van der Waals surface area contributed by atoms with Crippen LogP contribution in [0, 0.1) is 11.8 Å². The quantitative estimate of drug-likeness (QED) is 0.597. The van der Waals surface area contributed by atoms with Crippen LogP contribution in [0.25, 0.3) is 0 Å². The Morgan fingerprint density at radius 1 is 1.35 bits per heavy atom. The number of aromatic nitrogens is 3. The van der Waals surface area contributed by atoms with Gasteiger partial charge in [0.15, 0.2) is 12.4 Å². The Bertz CT molecular complexity index is 1010. The van der Waals surface area contributed by atoms with Gasteiger partial charge in [-0.25, -0.2) is 0 Å². The van der Waals surface area contributed by atoms with Gasteiger partial charge in [-0.05, 0) is 56.9 Å². The van der Waals surface area contributed by atoms with Gasteiger partial charge in [0.1, 0.15) is 0 Å². The lowest BCUT2D eigenvalue weighted by Gasteiger charge is -2.30. The summed E-state index contributed by atoms with van der Waals surface area (Å²) >= 11 is 0. The Balaban J connectivity index is 1.01. The van der Waals surface area contributed by atoms with Crippen LogP contribution in [0.4, 0.5) is 8.78 Å². The van der Waals surface area contributed by atoms with Gasteiger partial charge in [0.25, 0.3) is 5.91 Å². The van der Waals surface area contributed by atoms with Crippen LogP contribution in [0.3, 0.4) is 0 Å². The summed E-state index contributed by atoms with van der Waals surface area (Å²) in [6.07, 6.45) is 9.66. The SMILES string of the molecule is Cn1cc(OCC(=O)N[C@H]2CC[C@H](CCN3CC4C[C@]4(c4cc(C(C)(F)F)on4)C3)CC2)cn1. The van der Waals surface area contributed by atoms with E-state index in [9.17, 15) is 13.6 Å². The summed E-state index contributed by atoms with van der Waals surface area (Å²) in [5.41, 5.74) is 0.604. The number of halogens is 2. The van der Waals surface area contributed by atoms with Crippen LogP contribution in [0.15, 0.2) is 23.0 Å². The van der Waals surface area contributed by atoms with Crippen molar-refractivity contribution in [1.82, 2.24) is 25.2 Å². The van der Waals surface area contributed by atoms with Crippen LogP contribution in [0.2, 0.25) is 0 Å². The molecule has 2 saturated carbocycles. The molecular weight excluding hydrogens is 444 g/mol. The van der Waals surface area contributed by atoms with Crippen LogP contribution in [0.1, 0.15) is 56.9 Å². The molecule has 0 aromatic carbocycles. The monoisotopic (exact) mass is 477 g/mol. The van der Waals surface area contributed by atoms with Crippen LogP contribution in [0.5, 0.6) is 5.75 Å². The van der Waals surface area contributed by atoms with E-state index in [1.807, 2.05) is 0 Å². The number of piperidine rings is 1. The molecule has 5 rings (SSSR count). The zero-order valence-corrected chi connectivity index (χ0v) is 19.8. The molecule has 10 heteroatoms. The molecule has 3 heterocycles. The molecule has 8 nitrogen and oxygen atoms in total. The van der Waals surface area contributed by atoms with Crippen LogP contribution in [-0.4, -0.2) is 58.0 Å². The van der Waals surface area contributed by atoms with Gasteiger partial charge in [0.2, 0.25) is 5.76 Å². The van der Waals surface area contributed by atoms with Gasteiger partial charge in [-0.1, -0.05) is 5.16 Å². The first-order valence-electron chi connectivity index (χ1n) is 12.2. The standard InChI is InChI=1S/C24H33F2N5O3/c1-23(25,26)21-9-20(29-34-21)24-10-17(24)12-31(15-24)8-7-16-3-5-18(6-4-16)28-22(32)14-33-19-11-27-30(2)13-19/h9,11,13,16-18H,3-8,10,12,14-15H2,1-2H3,(H,28,32)/t16-,17?,18-,24-/m0/s1. The maximum absolute atomic E-state index is 13.5. The average molecular weight is 478 g/mol. The zero-order chi connectivity index (χ0) is 23.9. The topological polar surface area (TPSA) is 85.4 Å². The molecule has 1 saturated heterocycles. The van der Waals surface area contributed by atoms with Crippen molar-refractivity contribution in [2.75, 3.05) is 26.2 Å². The summed E-state index contributed by atoms with van der Waals surface area (Å²) in [6.45, 7) is 3.75. The summed E-state index contributed by atoms with van der Waals surface area (Å²) in [5, 5.41) is 11.1. The Morgan fingerprint density at radius 2 is 2.15 bits per heavy atom. The number of alkyl halides is 2. The van der Waals surface area contributed by atoms with Gasteiger partial charge in [0.05, 0.1) is 18.1 Å². The minimum Gasteiger partial charge on any atom is -0.480 e. The molecule has 2 aliphatic carbocycles. The van der Waals surface area contributed by atoms with Gasteiger partial charge in [0, 0.05) is 44.6 Å². The summed E-state index contributed by atoms with van der Waals surface area (Å²) in [7, 11) is 1.80. The second kappa shape index (κ2) is 8.94. The number of carbonyl (C=O) groups is 1. The molecule has 1 unspecified atom stereocenters. The summed E-state index contributed by atoms with van der Waals surface area (Å²) in [4.78, 5) is 14.6. The molecule has 186 valence electrons. The fraction of sp³-hybridized carbons (Fsp3) is 0.708. The minimum atomic E-state index is -2.99. The first-order chi connectivity index (χ1) is 16.2. The van der Waals surface area contributed by atoms with E-state index in [0.29, 0.717) is 23.3 Å². The predicted molar refractivity (Wildman–Crippen MR) is 120 cm³/mol. The van der Waals surface area contributed by atoms with Gasteiger partial charge in [-0.15, -0.1) is 0 Å². The van der Waals surface area contributed by atoms with Crippen molar-refractivity contribution in [3.8, 4) is 5.75 Å². The van der Waals surface area contributed by atoms with Crippen molar-refractivity contribution < 1.29 is 22.8 Å². The summed E-state index contributed by atoms with van der Waals surface area (Å²) < 4.78 is 39.1. The fourth-order valence-electron chi connectivity index (χ4n) is 5.72. The molecule has 0 spiro atoms. The van der Waals surface area contributed by atoms with E-state index < -0.39 is 5.92 Å². The smallest absolute Gasteiger partial charge is 0.304 e. The summed E-state index contributed by atoms with van der Waals surface area (Å²) in [6, 6.07) is 1.67. The number of fused-ring (bicyclic) bond motifs is 1. The van der Waals surface area contributed by atoms with E-state index in [0.717, 1.165) is 65.1 Å². The molecule has 1 aliphatic heterocycles. The Labute approximate surface area is 198 Å². The number of aryl methyl sites for hydroxylation is 1. The van der Waals surface area contributed by atoms with E-state index in [1.54, 1.807) is 24.1 Å². The molecule has 1 N–H and O–H groups in total. The fourth-order valence-corrected chi connectivity index (χ4v) is 5.72. The van der Waals surface area contributed by atoms with Gasteiger partial charge in [-0.3, -0.25) is 9.48 Å². The Morgan fingerprint density at radius 3 is 2.82 bits per heavy atom. The highest BCUT2D eigenvalue weighted by atomic mass is 19.3. The third-order valence-corrected chi connectivity index (χ3v) is 7.79. The van der Waals surface area contributed by atoms with E-state index in [2.05, 4.69) is 20.5 Å². The summed E-state index contributed by atoms with van der Waals surface area (Å²) in [5.74, 6) is -1.68. The van der Waals surface area contributed by atoms with Crippen molar-refractivity contribution in [3.05, 3.63) is 29.9 Å². The van der Waals surface area contributed by atoms with E-state index in [1.165, 1.54) is 6.07 Å². The van der Waals surface area contributed by atoms with Crippen LogP contribution < -0.4 is 10.1 Å². The first kappa shape index (κ1) is 23.3. The number of amides is 1. The highest BCUT2D eigenvalue weighted by Crippen LogP contribution is 2.59. The zero-order valence-electron chi connectivity index (χ0n) is 19.8. The number of nitrogens with zero attached hydrogens (tertiary/aromatic N) is 4. The molecular formula is C24H33F2N5O3. The second-order valence-corrected chi connectivity index (χ2v) is 10.5. The Kier molecular flexibility index (Phi) is 6.12. The number of carbonyl (C=O) groups excluding carboxylic acids is 1. The molecule has 2 aromatic rings. The molecule has 34 heavy (non-hydrogen) atoms. The van der Waals surface area contributed by atoms with Gasteiger partial charge in [-0.2, -0.15) is 13.9 Å². The molecule has 0 radical (unpaired) electrons. The van der Waals surface area contributed by atoms with Crippen molar-refractivity contribution in [2.24, 2.45) is 18.9 Å². The van der Waals surface area contributed by atoms with Gasteiger partial charge < -0.3 is 19.5 Å². The van der Waals surface area contributed by atoms with E-state index >= 15 is 0 Å². The van der Waals surface area contributed by atoms with E-state index in [-0.39, 0.29) is 29.7 Å². The van der Waals surface area contributed by atoms with Gasteiger partial charge >= 0.3 is 5.92 Å². The molecule has 2 aromatic heterocycles. The van der Waals surface area contributed by atoms with Crippen LogP contribution in [-0.2, 0) is 23.2 Å². The third-order valence-electron chi connectivity index (χ3n) is 7.79. The first-order valence-corrected chi connectivity index (χ1v) is 12.2. The lowest BCUT2D eigenvalue weighted by molar-refractivity contribution is -0.124. The van der Waals surface area contributed by atoms with E-state index in [4.69, 9.17) is 9.26 Å². The second-order valence-electron chi connectivity index (χ2n) is 10.5. The third kappa shape index (κ3) is 4.96. The normalized spacial score (nSPS) is 29.1. The van der Waals surface area contributed by atoms with Crippen LogP contribution >= 0.6 is 0 Å². The molecule has 3 fully saturated rings. The molecule has 0 bridgehead atoms.